The molecule has 1 heterocycles. The maximum absolute atomic E-state index is 13.6. The van der Waals surface area contributed by atoms with Crippen LogP contribution in [0.4, 0.5) is 10.2 Å². The first kappa shape index (κ1) is 17.2. The van der Waals surface area contributed by atoms with Crippen molar-refractivity contribution in [2.75, 3.05) is 31.4 Å². The number of aromatic nitrogens is 1. The highest BCUT2D eigenvalue weighted by molar-refractivity contribution is 7.90. The summed E-state index contributed by atoms with van der Waals surface area (Å²) in [5, 5.41) is 0. The van der Waals surface area contributed by atoms with Crippen LogP contribution in [-0.4, -0.2) is 39.9 Å². The summed E-state index contributed by atoms with van der Waals surface area (Å²) in [7, 11) is -1.49. The van der Waals surface area contributed by atoms with Gasteiger partial charge in [0, 0.05) is 26.0 Å². The number of pyridine rings is 1. The van der Waals surface area contributed by atoms with Gasteiger partial charge in [0.15, 0.2) is 21.5 Å². The Morgan fingerprint density at radius 3 is 2.74 bits per heavy atom. The monoisotopic (exact) mass is 338 g/mol. The molecule has 0 aliphatic rings. The van der Waals surface area contributed by atoms with Crippen molar-refractivity contribution in [3.05, 3.63) is 48.4 Å². The Bertz CT molecular complexity index is 765. The van der Waals surface area contributed by atoms with Gasteiger partial charge < -0.3 is 9.64 Å². The molecule has 0 aliphatic heterocycles. The van der Waals surface area contributed by atoms with Gasteiger partial charge in [-0.15, -0.1) is 0 Å². The first-order chi connectivity index (χ1) is 10.9. The van der Waals surface area contributed by atoms with Gasteiger partial charge in [0.1, 0.15) is 5.75 Å². The lowest BCUT2D eigenvalue weighted by molar-refractivity contribution is 0.311. The molecule has 23 heavy (non-hydrogen) atoms. The lowest BCUT2D eigenvalue weighted by Gasteiger charge is -2.18. The van der Waals surface area contributed by atoms with Crippen LogP contribution in [0.5, 0.6) is 5.75 Å². The van der Waals surface area contributed by atoms with Crippen molar-refractivity contribution >= 4 is 15.7 Å². The molecule has 0 saturated heterocycles. The van der Waals surface area contributed by atoms with E-state index in [2.05, 4.69) is 4.98 Å². The van der Waals surface area contributed by atoms with Crippen LogP contribution in [-0.2, 0) is 9.84 Å². The molecule has 0 spiro atoms. The highest BCUT2D eigenvalue weighted by Crippen LogP contribution is 2.18. The molecule has 0 radical (unpaired) electrons. The molecule has 0 aliphatic carbocycles. The summed E-state index contributed by atoms with van der Waals surface area (Å²) in [6.45, 7) is 0.964. The number of benzene rings is 1. The summed E-state index contributed by atoms with van der Waals surface area (Å²) in [5.41, 5.74) is 0. The van der Waals surface area contributed by atoms with Gasteiger partial charge in [0.05, 0.1) is 11.5 Å². The maximum atomic E-state index is 13.6. The summed E-state index contributed by atoms with van der Waals surface area (Å²) in [6.07, 6.45) is 3.35. The largest absolute Gasteiger partial charge is 0.493 e. The van der Waals surface area contributed by atoms with E-state index in [1.54, 1.807) is 36.3 Å². The van der Waals surface area contributed by atoms with E-state index < -0.39 is 9.84 Å². The smallest absolute Gasteiger partial charge is 0.175 e. The molecule has 5 nitrogen and oxygen atoms in total. The Labute approximate surface area is 135 Å². The zero-order valence-corrected chi connectivity index (χ0v) is 13.9. The van der Waals surface area contributed by atoms with Gasteiger partial charge in [-0.05, 0) is 36.8 Å². The molecule has 1 aromatic carbocycles. The lowest BCUT2D eigenvalue weighted by atomic mass is 10.3. The van der Waals surface area contributed by atoms with Crippen molar-refractivity contribution in [2.24, 2.45) is 0 Å². The number of halogens is 1. The Hall–Kier alpha value is -2.15. The summed E-state index contributed by atoms with van der Waals surface area (Å²) in [5.74, 6) is 0.433. The van der Waals surface area contributed by atoms with Crippen LogP contribution >= 0.6 is 0 Å². The topological polar surface area (TPSA) is 59.5 Å². The molecule has 0 fully saturated rings. The van der Waals surface area contributed by atoms with E-state index >= 15 is 0 Å². The van der Waals surface area contributed by atoms with Crippen molar-refractivity contribution in [1.29, 1.82) is 0 Å². The first-order valence-corrected chi connectivity index (χ1v) is 9.01. The molecule has 0 amide bonds. The third kappa shape index (κ3) is 4.92. The fourth-order valence-corrected chi connectivity index (χ4v) is 2.71. The normalized spacial score (nSPS) is 11.3. The average Bonchev–Trinajstić information content (AvgIpc) is 2.51. The van der Waals surface area contributed by atoms with E-state index in [1.807, 2.05) is 0 Å². The Morgan fingerprint density at radius 1 is 1.26 bits per heavy atom. The van der Waals surface area contributed by atoms with Gasteiger partial charge in [0.25, 0.3) is 0 Å². The second kappa shape index (κ2) is 7.41. The molecule has 2 rings (SSSR count). The number of anilines is 1. The summed E-state index contributed by atoms with van der Waals surface area (Å²) in [4.78, 5) is 5.94. The zero-order valence-electron chi connectivity index (χ0n) is 13.1. The minimum Gasteiger partial charge on any atom is -0.493 e. The van der Waals surface area contributed by atoms with Crippen LogP contribution in [0.1, 0.15) is 6.42 Å². The van der Waals surface area contributed by atoms with E-state index in [1.165, 1.54) is 18.2 Å². The summed E-state index contributed by atoms with van der Waals surface area (Å²) >= 11 is 0. The third-order valence-corrected chi connectivity index (χ3v) is 4.35. The zero-order chi connectivity index (χ0) is 16.9. The second-order valence-electron chi connectivity index (χ2n) is 5.18. The van der Waals surface area contributed by atoms with Crippen LogP contribution in [0.2, 0.25) is 0 Å². The maximum Gasteiger partial charge on any atom is 0.175 e. The number of hydrogen-bond acceptors (Lipinski definition) is 5. The molecule has 0 unspecified atom stereocenters. The van der Waals surface area contributed by atoms with Crippen molar-refractivity contribution in [2.45, 2.75) is 11.3 Å². The molecular formula is C16H19FN2O3S. The van der Waals surface area contributed by atoms with Crippen molar-refractivity contribution in [1.82, 2.24) is 4.98 Å². The SMILES string of the molecule is CN(CCCOc1cccc(S(C)(=O)=O)c1)c1ncccc1F. The quantitative estimate of drug-likeness (QED) is 0.726. The van der Waals surface area contributed by atoms with Crippen LogP contribution in [0, 0.1) is 5.82 Å². The highest BCUT2D eigenvalue weighted by atomic mass is 32.2. The fraction of sp³-hybridized carbons (Fsp3) is 0.312. The van der Waals surface area contributed by atoms with Gasteiger partial charge in [-0.25, -0.2) is 17.8 Å². The van der Waals surface area contributed by atoms with E-state index in [0.717, 1.165) is 6.26 Å². The second-order valence-corrected chi connectivity index (χ2v) is 7.20. The van der Waals surface area contributed by atoms with Crippen LogP contribution < -0.4 is 9.64 Å². The number of rotatable bonds is 7. The fourth-order valence-electron chi connectivity index (χ4n) is 2.05. The Kier molecular flexibility index (Phi) is 5.54. The molecule has 0 atom stereocenters. The molecule has 0 N–H and O–H groups in total. The standard InChI is InChI=1S/C16H19FN2O3S/c1-19(16-15(17)8-4-9-18-16)10-5-11-22-13-6-3-7-14(12-13)23(2,20)21/h3-4,6-9,12H,5,10-11H2,1-2H3. The number of nitrogens with zero attached hydrogens (tertiary/aromatic N) is 2. The van der Waals surface area contributed by atoms with Crippen LogP contribution in [0.3, 0.4) is 0 Å². The van der Waals surface area contributed by atoms with Gasteiger partial charge in [-0.2, -0.15) is 0 Å². The summed E-state index contributed by atoms with van der Waals surface area (Å²) in [6, 6.07) is 9.28. The highest BCUT2D eigenvalue weighted by Gasteiger charge is 2.09. The van der Waals surface area contributed by atoms with Gasteiger partial charge in [-0.1, -0.05) is 6.07 Å². The molecule has 2 aromatic rings. The van der Waals surface area contributed by atoms with Crippen molar-refractivity contribution < 1.29 is 17.5 Å². The van der Waals surface area contributed by atoms with Gasteiger partial charge >= 0.3 is 0 Å². The van der Waals surface area contributed by atoms with Crippen molar-refractivity contribution in [3.8, 4) is 5.75 Å². The number of sulfone groups is 1. The van der Waals surface area contributed by atoms with E-state index in [-0.39, 0.29) is 10.7 Å². The predicted octanol–water partition coefficient (Wildman–Crippen LogP) is 2.53. The molecular weight excluding hydrogens is 319 g/mol. The lowest BCUT2D eigenvalue weighted by Crippen LogP contribution is -2.22. The molecule has 124 valence electrons. The molecule has 1 aromatic heterocycles. The first-order valence-electron chi connectivity index (χ1n) is 7.12. The molecule has 0 bridgehead atoms. The van der Waals surface area contributed by atoms with Crippen LogP contribution in [0.25, 0.3) is 0 Å². The Morgan fingerprint density at radius 2 is 2.04 bits per heavy atom. The third-order valence-electron chi connectivity index (χ3n) is 3.24. The minimum absolute atomic E-state index is 0.225. The van der Waals surface area contributed by atoms with Gasteiger partial charge in [0.2, 0.25) is 0 Å². The predicted molar refractivity (Wildman–Crippen MR) is 87.1 cm³/mol. The van der Waals surface area contributed by atoms with Crippen LogP contribution in [0.15, 0.2) is 47.5 Å². The van der Waals surface area contributed by atoms with Gasteiger partial charge in [-0.3, -0.25) is 0 Å². The number of hydrogen-bond donors (Lipinski definition) is 0. The average molecular weight is 338 g/mol. The van der Waals surface area contributed by atoms with Crippen molar-refractivity contribution in [3.63, 3.8) is 0 Å². The van der Waals surface area contributed by atoms with E-state index in [9.17, 15) is 12.8 Å². The van der Waals surface area contributed by atoms with E-state index in [4.69, 9.17) is 4.74 Å². The molecule has 7 heteroatoms. The van der Waals surface area contributed by atoms with E-state index in [0.29, 0.717) is 31.1 Å². The molecule has 0 saturated carbocycles. The summed E-state index contributed by atoms with van der Waals surface area (Å²) < 4.78 is 42.1. The number of ether oxygens (including phenoxy) is 1. The minimum atomic E-state index is -3.25. The Balaban J connectivity index is 1.85.